The number of hydrogen-bond acceptors (Lipinski definition) is 6. The molecule has 9 heteroatoms. The molecule has 0 spiro atoms. The van der Waals surface area contributed by atoms with Crippen molar-refractivity contribution >= 4 is 17.5 Å². The van der Waals surface area contributed by atoms with Crippen LogP contribution in [-0.4, -0.2) is 45.0 Å². The van der Waals surface area contributed by atoms with Crippen molar-refractivity contribution < 1.29 is 9.59 Å². The fourth-order valence-electron chi connectivity index (χ4n) is 2.97. The van der Waals surface area contributed by atoms with E-state index in [1.54, 1.807) is 24.3 Å². The molecule has 4 N–H and O–H groups in total. The van der Waals surface area contributed by atoms with Gasteiger partial charge >= 0.3 is 0 Å². The molecule has 2 heterocycles. The number of rotatable bonds is 6. The second-order valence-electron chi connectivity index (χ2n) is 6.65. The van der Waals surface area contributed by atoms with E-state index in [-0.39, 0.29) is 29.8 Å². The average molecular weight is 357 g/mol. The number of carbonyl (C=O) groups excluding carboxylic acids is 2. The van der Waals surface area contributed by atoms with Crippen LogP contribution < -0.4 is 16.0 Å². The molecule has 26 heavy (non-hydrogen) atoms. The Bertz CT molecular complexity index is 754. The van der Waals surface area contributed by atoms with Crippen molar-refractivity contribution in [3.8, 4) is 0 Å². The fraction of sp³-hybridized carbons (Fsp3) is 0.471. The summed E-state index contributed by atoms with van der Waals surface area (Å²) in [6.07, 6.45) is 1.77. The molecular weight excluding hydrogens is 334 g/mol. The zero-order chi connectivity index (χ0) is 18.5. The van der Waals surface area contributed by atoms with Gasteiger partial charge in [-0.05, 0) is 37.4 Å². The lowest BCUT2D eigenvalue weighted by atomic mass is 10.0. The van der Waals surface area contributed by atoms with E-state index in [9.17, 15) is 9.59 Å². The summed E-state index contributed by atoms with van der Waals surface area (Å²) >= 11 is 0. The van der Waals surface area contributed by atoms with Crippen LogP contribution >= 0.6 is 0 Å². The highest BCUT2D eigenvalue weighted by Gasteiger charge is 2.26. The first-order chi connectivity index (χ1) is 12.6. The monoisotopic (exact) mass is 357 g/mol. The van der Waals surface area contributed by atoms with Crippen LogP contribution in [0.5, 0.6) is 0 Å². The van der Waals surface area contributed by atoms with Crippen LogP contribution in [0.3, 0.4) is 0 Å². The van der Waals surface area contributed by atoms with Crippen LogP contribution in [0.15, 0.2) is 24.3 Å². The van der Waals surface area contributed by atoms with E-state index in [0.29, 0.717) is 17.1 Å². The van der Waals surface area contributed by atoms with Crippen LogP contribution in [0.2, 0.25) is 0 Å². The van der Waals surface area contributed by atoms with Gasteiger partial charge in [-0.25, -0.2) is 0 Å². The predicted octanol–water partition coefficient (Wildman–Crippen LogP) is 1.02. The number of aromatic nitrogens is 4. The lowest BCUT2D eigenvalue weighted by molar-refractivity contribution is -0.117. The average Bonchev–Trinajstić information content (AvgIpc) is 3.33. The summed E-state index contributed by atoms with van der Waals surface area (Å²) in [6.45, 7) is 4.75. The summed E-state index contributed by atoms with van der Waals surface area (Å²) in [6, 6.07) is 6.35. The maximum atomic E-state index is 12.8. The number of nitrogens with zero attached hydrogens (tertiary/aromatic N) is 3. The molecule has 2 unspecified atom stereocenters. The van der Waals surface area contributed by atoms with Crippen molar-refractivity contribution in [2.24, 2.45) is 5.92 Å². The molecule has 2 aromatic rings. The number of carbonyl (C=O) groups is 2. The SMILES string of the molecule is CC(C)C(NC(=O)c1ccccc1NC(=O)C1CCCN1)c1nn[nH]n1. The van der Waals surface area contributed by atoms with Crippen LogP contribution in [0, 0.1) is 5.92 Å². The first-order valence-corrected chi connectivity index (χ1v) is 8.73. The van der Waals surface area contributed by atoms with Crippen LogP contribution in [0.4, 0.5) is 5.69 Å². The summed E-state index contributed by atoms with van der Waals surface area (Å²) in [7, 11) is 0. The van der Waals surface area contributed by atoms with Gasteiger partial charge in [0.05, 0.1) is 23.3 Å². The number of anilines is 1. The zero-order valence-electron chi connectivity index (χ0n) is 14.8. The molecule has 1 fully saturated rings. The first-order valence-electron chi connectivity index (χ1n) is 8.73. The standard InChI is InChI=1S/C17H23N7O2/c1-10(2)14(15-21-23-24-22-15)20-16(25)11-6-3-4-7-12(11)19-17(26)13-8-5-9-18-13/h3-4,6-7,10,13-14,18H,5,8-9H2,1-2H3,(H,19,26)(H,20,25)(H,21,22,23,24). The van der Waals surface area contributed by atoms with Gasteiger partial charge in [0.2, 0.25) is 5.91 Å². The third-order valence-corrected chi connectivity index (χ3v) is 4.40. The second-order valence-corrected chi connectivity index (χ2v) is 6.65. The topological polar surface area (TPSA) is 125 Å². The zero-order valence-corrected chi connectivity index (χ0v) is 14.8. The summed E-state index contributed by atoms with van der Waals surface area (Å²) in [4.78, 5) is 25.2. The lowest BCUT2D eigenvalue weighted by Crippen LogP contribution is -2.37. The van der Waals surface area contributed by atoms with Crippen molar-refractivity contribution in [1.82, 2.24) is 31.3 Å². The number of amides is 2. The number of aromatic amines is 1. The van der Waals surface area contributed by atoms with Crippen molar-refractivity contribution in [3.63, 3.8) is 0 Å². The predicted molar refractivity (Wildman–Crippen MR) is 95.3 cm³/mol. The van der Waals surface area contributed by atoms with Crippen molar-refractivity contribution in [3.05, 3.63) is 35.7 Å². The Kier molecular flexibility index (Phi) is 5.57. The largest absolute Gasteiger partial charge is 0.342 e. The van der Waals surface area contributed by atoms with Gasteiger partial charge in [0.25, 0.3) is 5.91 Å². The number of nitrogens with one attached hydrogen (secondary N) is 4. The summed E-state index contributed by atoms with van der Waals surface area (Å²) < 4.78 is 0. The smallest absolute Gasteiger partial charge is 0.253 e. The van der Waals surface area contributed by atoms with Gasteiger partial charge in [0, 0.05) is 0 Å². The third-order valence-electron chi connectivity index (χ3n) is 4.40. The molecule has 1 aliphatic rings. The molecule has 2 atom stereocenters. The highest BCUT2D eigenvalue weighted by atomic mass is 16.2. The number of hydrogen-bond donors (Lipinski definition) is 4. The fourth-order valence-corrected chi connectivity index (χ4v) is 2.97. The molecule has 1 aromatic heterocycles. The number of para-hydroxylation sites is 1. The van der Waals surface area contributed by atoms with E-state index >= 15 is 0 Å². The summed E-state index contributed by atoms with van der Waals surface area (Å²) in [5.74, 6) is 0.0659. The highest BCUT2D eigenvalue weighted by molar-refractivity contribution is 6.05. The van der Waals surface area contributed by atoms with Crippen molar-refractivity contribution in [1.29, 1.82) is 0 Å². The third kappa shape index (κ3) is 4.05. The van der Waals surface area contributed by atoms with Crippen LogP contribution in [0.25, 0.3) is 0 Å². The van der Waals surface area contributed by atoms with Gasteiger partial charge in [-0.1, -0.05) is 31.2 Å². The molecular formula is C17H23N7O2. The Morgan fingerprint density at radius 1 is 1.27 bits per heavy atom. The Balaban J connectivity index is 1.75. The van der Waals surface area contributed by atoms with Gasteiger partial charge in [-0.2, -0.15) is 5.21 Å². The lowest BCUT2D eigenvalue weighted by Gasteiger charge is -2.20. The maximum Gasteiger partial charge on any atom is 0.253 e. The number of tetrazole rings is 1. The Hall–Kier alpha value is -2.81. The Morgan fingerprint density at radius 3 is 2.73 bits per heavy atom. The molecule has 0 bridgehead atoms. The van der Waals surface area contributed by atoms with Gasteiger partial charge in [-0.15, -0.1) is 10.2 Å². The van der Waals surface area contributed by atoms with E-state index in [2.05, 4.69) is 36.6 Å². The van der Waals surface area contributed by atoms with E-state index in [1.807, 2.05) is 13.8 Å². The number of H-pyrrole nitrogens is 1. The van der Waals surface area contributed by atoms with E-state index < -0.39 is 0 Å². The van der Waals surface area contributed by atoms with Crippen LogP contribution in [0.1, 0.15) is 48.9 Å². The van der Waals surface area contributed by atoms with Gasteiger partial charge in [0.1, 0.15) is 0 Å². The second kappa shape index (κ2) is 8.05. The molecule has 1 saturated heterocycles. The van der Waals surface area contributed by atoms with E-state index in [1.165, 1.54) is 0 Å². The minimum Gasteiger partial charge on any atom is -0.342 e. The summed E-state index contributed by atoms with van der Waals surface area (Å²) in [5, 5.41) is 22.8. The van der Waals surface area contributed by atoms with Crippen LogP contribution in [-0.2, 0) is 4.79 Å². The minimum absolute atomic E-state index is 0.0704. The molecule has 0 radical (unpaired) electrons. The molecule has 9 nitrogen and oxygen atoms in total. The molecule has 3 rings (SSSR count). The van der Waals surface area contributed by atoms with E-state index in [0.717, 1.165) is 19.4 Å². The maximum absolute atomic E-state index is 12.8. The summed E-state index contributed by atoms with van der Waals surface area (Å²) in [5.41, 5.74) is 0.882. The quantitative estimate of drug-likeness (QED) is 0.612. The Labute approximate surface area is 151 Å². The highest BCUT2D eigenvalue weighted by Crippen LogP contribution is 2.21. The number of benzene rings is 1. The minimum atomic E-state index is -0.387. The van der Waals surface area contributed by atoms with Crippen molar-refractivity contribution in [2.75, 3.05) is 11.9 Å². The van der Waals surface area contributed by atoms with E-state index in [4.69, 9.17) is 0 Å². The van der Waals surface area contributed by atoms with Gasteiger partial charge in [-0.3, -0.25) is 9.59 Å². The molecule has 1 aliphatic heterocycles. The molecule has 138 valence electrons. The van der Waals surface area contributed by atoms with Crippen molar-refractivity contribution in [2.45, 2.75) is 38.8 Å². The van der Waals surface area contributed by atoms with Gasteiger partial charge in [0.15, 0.2) is 5.82 Å². The molecule has 2 amide bonds. The molecule has 0 aliphatic carbocycles. The molecule has 1 aromatic carbocycles. The normalized spacial score (nSPS) is 17.9. The Morgan fingerprint density at radius 2 is 2.08 bits per heavy atom. The molecule has 0 saturated carbocycles. The van der Waals surface area contributed by atoms with Gasteiger partial charge < -0.3 is 16.0 Å². The first kappa shape index (κ1) is 18.0.